The number of benzene rings is 1. The molecule has 2 aliphatic heterocycles. The van der Waals surface area contributed by atoms with E-state index in [-0.39, 0.29) is 17.8 Å². The molecule has 1 saturated heterocycles. The van der Waals surface area contributed by atoms with Crippen LogP contribution in [-0.2, 0) is 11.8 Å². The van der Waals surface area contributed by atoms with Gasteiger partial charge >= 0.3 is 0 Å². The number of hydrogen-bond acceptors (Lipinski definition) is 6. The normalized spacial score (nSPS) is 17.8. The summed E-state index contributed by atoms with van der Waals surface area (Å²) in [6, 6.07) is 13.3. The largest absolute Gasteiger partial charge is 0.381 e. The molecule has 0 N–H and O–H groups in total. The van der Waals surface area contributed by atoms with Gasteiger partial charge in [-0.3, -0.25) is 4.98 Å². The van der Waals surface area contributed by atoms with E-state index in [1.54, 1.807) is 16.8 Å². The minimum Gasteiger partial charge on any atom is -0.381 e. The van der Waals surface area contributed by atoms with Gasteiger partial charge in [0.25, 0.3) is 0 Å². The first-order valence-electron chi connectivity index (χ1n) is 14.4. The molecule has 41 heavy (non-hydrogen) atoms. The van der Waals surface area contributed by atoms with E-state index in [0.29, 0.717) is 18.8 Å². The van der Waals surface area contributed by atoms with E-state index in [4.69, 9.17) is 14.7 Å². The summed E-state index contributed by atoms with van der Waals surface area (Å²) in [5.74, 6) is -0.0276. The second kappa shape index (κ2) is 10.5. The number of pyridine rings is 2. The molecule has 0 radical (unpaired) electrons. The fourth-order valence-corrected chi connectivity index (χ4v) is 6.58. The Kier molecular flexibility index (Phi) is 6.63. The molecule has 0 spiro atoms. The number of rotatable bonds is 5. The fourth-order valence-electron chi connectivity index (χ4n) is 6.58. The van der Waals surface area contributed by atoms with Gasteiger partial charge in [-0.05, 0) is 69.0 Å². The van der Waals surface area contributed by atoms with E-state index in [1.807, 2.05) is 32.3 Å². The minimum atomic E-state index is -0.267. The number of ether oxygens (including phenoxy) is 1. The molecule has 6 heterocycles. The molecule has 9 heteroatoms. The summed E-state index contributed by atoms with van der Waals surface area (Å²) in [6.45, 7) is 5.18. The monoisotopic (exact) mass is 551 g/mol. The molecule has 8 nitrogen and oxygen atoms in total. The smallest absolute Gasteiger partial charge is 0.143 e. The lowest BCUT2D eigenvalue weighted by Crippen LogP contribution is -2.28. The standard InChI is InChI=1S/C32H34FN7O/c1-20-30(39(3)37-36-20)23-18-28-29(34-19-23)25-8-9-27(21-10-14-38(2)15-11-21)35-32(25)40(28)31(22-12-16-41-17-13-22)24-6-4-5-7-26(24)33/h4-10,18-19,22,31H,11-17H2,1-3H3/t31-/m0/s1. The van der Waals surface area contributed by atoms with Crippen molar-refractivity contribution in [3.63, 3.8) is 0 Å². The predicted molar refractivity (Wildman–Crippen MR) is 158 cm³/mol. The molecule has 1 atom stereocenters. The molecule has 0 aliphatic carbocycles. The Morgan fingerprint density at radius 1 is 1.07 bits per heavy atom. The summed E-state index contributed by atoms with van der Waals surface area (Å²) in [5.41, 5.74) is 8.19. The quantitative estimate of drug-likeness (QED) is 0.285. The van der Waals surface area contributed by atoms with E-state index in [0.717, 1.165) is 77.1 Å². The molecule has 210 valence electrons. The van der Waals surface area contributed by atoms with Crippen LogP contribution in [0.5, 0.6) is 0 Å². The van der Waals surface area contributed by atoms with Crippen molar-refractivity contribution in [1.29, 1.82) is 0 Å². The van der Waals surface area contributed by atoms with Crippen LogP contribution in [0.3, 0.4) is 0 Å². The molecule has 7 rings (SSSR count). The van der Waals surface area contributed by atoms with Crippen LogP contribution in [-0.4, -0.2) is 67.8 Å². The molecule has 0 bridgehead atoms. The van der Waals surface area contributed by atoms with Crippen LogP contribution >= 0.6 is 0 Å². The molecule has 1 aromatic carbocycles. The molecule has 2 aliphatic rings. The van der Waals surface area contributed by atoms with Gasteiger partial charge in [0.2, 0.25) is 0 Å². The Hall–Kier alpha value is -3.95. The highest BCUT2D eigenvalue weighted by Gasteiger charge is 2.32. The number of aromatic nitrogens is 6. The first kappa shape index (κ1) is 26.0. The lowest BCUT2D eigenvalue weighted by Gasteiger charge is -2.33. The molecule has 5 aromatic rings. The maximum absolute atomic E-state index is 15.7. The number of halogens is 1. The highest BCUT2D eigenvalue weighted by molar-refractivity contribution is 6.05. The van der Waals surface area contributed by atoms with Crippen molar-refractivity contribution in [2.75, 3.05) is 33.4 Å². The topological polar surface area (TPSA) is 73.9 Å². The lowest BCUT2D eigenvalue weighted by atomic mass is 9.86. The number of hydrogen-bond donors (Lipinski definition) is 0. The van der Waals surface area contributed by atoms with Gasteiger partial charge < -0.3 is 14.2 Å². The molecule has 0 amide bonds. The van der Waals surface area contributed by atoms with E-state index >= 15 is 4.39 Å². The Morgan fingerprint density at radius 3 is 2.63 bits per heavy atom. The molecule has 0 saturated carbocycles. The van der Waals surface area contributed by atoms with E-state index in [1.165, 1.54) is 5.57 Å². The third kappa shape index (κ3) is 4.53. The highest BCUT2D eigenvalue weighted by atomic mass is 19.1. The summed E-state index contributed by atoms with van der Waals surface area (Å²) < 4.78 is 25.5. The Morgan fingerprint density at radius 2 is 1.90 bits per heavy atom. The van der Waals surface area contributed by atoms with Crippen LogP contribution in [0.1, 0.15) is 42.3 Å². The predicted octanol–water partition coefficient (Wildman–Crippen LogP) is 5.56. The van der Waals surface area contributed by atoms with Gasteiger partial charge in [0.15, 0.2) is 0 Å². The van der Waals surface area contributed by atoms with Crippen molar-refractivity contribution in [2.24, 2.45) is 13.0 Å². The van der Waals surface area contributed by atoms with Crippen molar-refractivity contribution < 1.29 is 9.13 Å². The highest BCUT2D eigenvalue weighted by Crippen LogP contribution is 2.42. The number of nitrogens with zero attached hydrogens (tertiary/aromatic N) is 7. The zero-order valence-electron chi connectivity index (χ0n) is 23.7. The van der Waals surface area contributed by atoms with Crippen LogP contribution in [0.15, 0.2) is 54.7 Å². The van der Waals surface area contributed by atoms with Crippen LogP contribution in [0.2, 0.25) is 0 Å². The third-order valence-electron chi connectivity index (χ3n) is 8.71. The van der Waals surface area contributed by atoms with Crippen molar-refractivity contribution in [3.05, 3.63) is 77.5 Å². The summed E-state index contributed by atoms with van der Waals surface area (Å²) in [5, 5.41) is 9.46. The zero-order chi connectivity index (χ0) is 28.1. The van der Waals surface area contributed by atoms with Crippen molar-refractivity contribution in [2.45, 2.75) is 32.2 Å². The summed E-state index contributed by atoms with van der Waals surface area (Å²) in [7, 11) is 4.03. The van der Waals surface area contributed by atoms with Crippen LogP contribution in [0.4, 0.5) is 4.39 Å². The molecule has 0 unspecified atom stereocenters. The Labute approximate surface area is 238 Å². The van der Waals surface area contributed by atoms with Crippen LogP contribution in [0.25, 0.3) is 38.9 Å². The van der Waals surface area contributed by atoms with Gasteiger partial charge in [-0.1, -0.05) is 29.5 Å². The van der Waals surface area contributed by atoms with Gasteiger partial charge in [0, 0.05) is 56.1 Å². The second-order valence-electron chi connectivity index (χ2n) is 11.3. The SMILES string of the molecule is Cc1nnn(C)c1-c1cnc2c3ccc(C4=CCN(C)CC4)nc3n([C@H](c3ccccc3F)C3CCOCC3)c2c1. The maximum Gasteiger partial charge on any atom is 0.143 e. The van der Waals surface area contributed by atoms with E-state index in [9.17, 15) is 0 Å². The molecule has 4 aromatic heterocycles. The second-order valence-corrected chi connectivity index (χ2v) is 11.3. The average Bonchev–Trinajstić information content (AvgIpc) is 3.50. The Balaban J connectivity index is 1.53. The average molecular weight is 552 g/mol. The first-order chi connectivity index (χ1) is 20.0. The van der Waals surface area contributed by atoms with Crippen LogP contribution < -0.4 is 0 Å². The molecular weight excluding hydrogens is 517 g/mol. The lowest BCUT2D eigenvalue weighted by molar-refractivity contribution is 0.0548. The minimum absolute atomic E-state index is 0.177. The van der Waals surface area contributed by atoms with Gasteiger partial charge in [-0.25, -0.2) is 14.1 Å². The van der Waals surface area contributed by atoms with Gasteiger partial charge in [-0.2, -0.15) is 0 Å². The zero-order valence-corrected chi connectivity index (χ0v) is 23.7. The number of fused-ring (bicyclic) bond motifs is 3. The van der Waals surface area contributed by atoms with E-state index in [2.05, 4.69) is 51.1 Å². The molecular formula is C32H34FN7O. The Bertz CT molecular complexity index is 1760. The summed E-state index contributed by atoms with van der Waals surface area (Å²) in [6.07, 6.45) is 6.79. The van der Waals surface area contributed by atoms with E-state index < -0.39 is 0 Å². The summed E-state index contributed by atoms with van der Waals surface area (Å²) in [4.78, 5) is 12.6. The summed E-state index contributed by atoms with van der Waals surface area (Å²) >= 11 is 0. The maximum atomic E-state index is 15.7. The third-order valence-corrected chi connectivity index (χ3v) is 8.71. The number of aryl methyl sites for hydroxylation is 2. The van der Waals surface area contributed by atoms with Crippen LogP contribution in [0, 0.1) is 18.7 Å². The van der Waals surface area contributed by atoms with Crippen molar-refractivity contribution >= 4 is 27.6 Å². The van der Waals surface area contributed by atoms with Gasteiger partial charge in [0.05, 0.1) is 34.2 Å². The number of likely N-dealkylation sites (N-methyl/N-ethyl adjacent to an activating group) is 1. The first-order valence-corrected chi connectivity index (χ1v) is 14.4. The van der Waals surface area contributed by atoms with Gasteiger partial charge in [-0.15, -0.1) is 5.10 Å². The van der Waals surface area contributed by atoms with Crippen molar-refractivity contribution in [1.82, 2.24) is 34.4 Å². The fraction of sp³-hybridized carbons (Fsp3) is 0.375. The molecule has 1 fully saturated rings. The van der Waals surface area contributed by atoms with Crippen molar-refractivity contribution in [3.8, 4) is 11.3 Å². The van der Waals surface area contributed by atoms with Gasteiger partial charge in [0.1, 0.15) is 11.5 Å².